The lowest BCUT2D eigenvalue weighted by Crippen LogP contribution is -2.14. The van der Waals surface area contributed by atoms with Crippen LogP contribution in [0.15, 0.2) is 18.3 Å². The maximum Gasteiger partial charge on any atom is 0.174 e. The van der Waals surface area contributed by atoms with Gasteiger partial charge in [0.2, 0.25) is 0 Å². The molecule has 51 valence electrons. The minimum atomic E-state index is 0.879. The van der Waals surface area contributed by atoms with E-state index in [-0.39, 0.29) is 0 Å². The molecule has 1 radical (unpaired) electrons. The van der Waals surface area contributed by atoms with Gasteiger partial charge in [0.1, 0.15) is 0 Å². The standard InChI is InChI=1S/C7H8BBrN/c1-8-7-3-2-6(4-9)5-10-7/h2-3,5H,4H2,1H3. The summed E-state index contributed by atoms with van der Waals surface area (Å²) in [6.45, 7) is 1.98. The monoisotopic (exact) mass is 196 g/mol. The molecule has 1 aromatic rings. The van der Waals surface area contributed by atoms with Crippen LogP contribution in [-0.2, 0) is 5.33 Å². The summed E-state index contributed by atoms with van der Waals surface area (Å²) < 4.78 is 0. The van der Waals surface area contributed by atoms with Gasteiger partial charge in [0.05, 0.1) is 0 Å². The fourth-order valence-corrected chi connectivity index (χ4v) is 1.02. The normalized spacial score (nSPS) is 9.40. The summed E-state index contributed by atoms with van der Waals surface area (Å²) in [5.41, 5.74) is 2.25. The average Bonchev–Trinajstić information content (AvgIpc) is 2.05. The van der Waals surface area contributed by atoms with Crippen LogP contribution >= 0.6 is 15.9 Å². The van der Waals surface area contributed by atoms with Gasteiger partial charge in [-0.1, -0.05) is 34.9 Å². The topological polar surface area (TPSA) is 12.9 Å². The number of pyridine rings is 1. The molecule has 10 heavy (non-hydrogen) atoms. The largest absolute Gasteiger partial charge is 0.272 e. The third-order valence-corrected chi connectivity index (χ3v) is 1.95. The molecule has 0 N–H and O–H groups in total. The van der Waals surface area contributed by atoms with E-state index in [2.05, 4.69) is 27.0 Å². The first-order valence-corrected chi connectivity index (χ1v) is 4.29. The van der Waals surface area contributed by atoms with Gasteiger partial charge in [0, 0.05) is 11.5 Å². The van der Waals surface area contributed by atoms with Crippen molar-refractivity contribution >= 4 is 28.8 Å². The lowest BCUT2D eigenvalue weighted by molar-refractivity contribution is 1.29. The molecule has 0 unspecified atom stereocenters. The fraction of sp³-hybridized carbons (Fsp3) is 0.286. The van der Waals surface area contributed by atoms with Crippen molar-refractivity contribution in [2.24, 2.45) is 0 Å². The van der Waals surface area contributed by atoms with E-state index in [1.54, 1.807) is 0 Å². The molecular weight excluding hydrogens is 189 g/mol. The summed E-state index contributed by atoms with van der Waals surface area (Å²) >= 11 is 3.35. The second-order valence-electron chi connectivity index (χ2n) is 2.01. The Balaban J connectivity index is 2.80. The van der Waals surface area contributed by atoms with Crippen molar-refractivity contribution in [1.82, 2.24) is 4.98 Å². The Morgan fingerprint density at radius 1 is 1.60 bits per heavy atom. The smallest absolute Gasteiger partial charge is 0.174 e. The molecule has 1 nitrogen and oxygen atoms in total. The zero-order valence-electron chi connectivity index (χ0n) is 5.84. The molecule has 0 aromatic carbocycles. The minimum absolute atomic E-state index is 0.879. The first kappa shape index (κ1) is 7.80. The van der Waals surface area contributed by atoms with Gasteiger partial charge in [-0.3, -0.25) is 4.98 Å². The van der Waals surface area contributed by atoms with Crippen molar-refractivity contribution in [3.05, 3.63) is 23.9 Å². The molecule has 0 aliphatic heterocycles. The maximum absolute atomic E-state index is 4.18. The Hall–Kier alpha value is -0.305. The van der Waals surface area contributed by atoms with Gasteiger partial charge < -0.3 is 0 Å². The molecule has 1 rings (SSSR count). The highest BCUT2D eigenvalue weighted by atomic mass is 79.9. The van der Waals surface area contributed by atoms with Crippen LogP contribution in [-0.4, -0.2) is 12.3 Å². The molecule has 0 spiro atoms. The van der Waals surface area contributed by atoms with E-state index in [1.165, 1.54) is 5.56 Å². The van der Waals surface area contributed by atoms with Crippen LogP contribution in [0.1, 0.15) is 5.56 Å². The molecular formula is C7H8BBrN. The molecule has 0 amide bonds. The molecule has 0 aliphatic carbocycles. The molecule has 1 heterocycles. The second kappa shape index (κ2) is 3.76. The minimum Gasteiger partial charge on any atom is -0.272 e. The maximum atomic E-state index is 4.18. The molecule has 3 heteroatoms. The number of rotatable bonds is 2. The van der Waals surface area contributed by atoms with Gasteiger partial charge in [-0.2, -0.15) is 0 Å². The Kier molecular flexibility index (Phi) is 2.94. The molecule has 0 saturated carbocycles. The van der Waals surface area contributed by atoms with Gasteiger partial charge in [-0.15, -0.1) is 0 Å². The van der Waals surface area contributed by atoms with Gasteiger partial charge in [-0.25, -0.2) is 0 Å². The lowest BCUT2D eigenvalue weighted by atomic mass is 9.77. The molecule has 1 aromatic heterocycles. The van der Waals surface area contributed by atoms with Crippen molar-refractivity contribution in [2.75, 3.05) is 0 Å². The van der Waals surface area contributed by atoms with E-state index in [9.17, 15) is 0 Å². The van der Waals surface area contributed by atoms with Crippen molar-refractivity contribution in [2.45, 2.75) is 12.2 Å². The summed E-state index contributed by atoms with van der Waals surface area (Å²) in [5.74, 6) is 0. The molecule has 0 saturated heterocycles. The number of nitrogens with zero attached hydrogens (tertiary/aromatic N) is 1. The Bertz CT molecular complexity index is 174. The summed E-state index contributed by atoms with van der Waals surface area (Å²) in [6, 6.07) is 4.08. The van der Waals surface area contributed by atoms with Gasteiger partial charge in [-0.05, 0) is 11.2 Å². The Morgan fingerprint density at radius 2 is 2.40 bits per heavy atom. The zero-order chi connectivity index (χ0) is 7.40. The summed E-state index contributed by atoms with van der Waals surface area (Å²) in [4.78, 5) is 4.18. The average molecular weight is 197 g/mol. The first-order valence-electron chi connectivity index (χ1n) is 3.17. The summed E-state index contributed by atoms with van der Waals surface area (Å²) in [6.07, 6.45) is 1.88. The third-order valence-electron chi connectivity index (χ3n) is 1.30. The van der Waals surface area contributed by atoms with Gasteiger partial charge in [0.15, 0.2) is 7.28 Å². The summed E-state index contributed by atoms with van der Waals surface area (Å²) in [5, 5.41) is 0.879. The quantitative estimate of drug-likeness (QED) is 0.515. The molecule has 0 bridgehead atoms. The van der Waals surface area contributed by atoms with Crippen molar-refractivity contribution in [1.29, 1.82) is 0 Å². The first-order chi connectivity index (χ1) is 4.86. The molecule has 0 atom stereocenters. The highest BCUT2D eigenvalue weighted by Crippen LogP contribution is 1.99. The number of alkyl halides is 1. The number of hydrogen-bond donors (Lipinski definition) is 0. The van der Waals surface area contributed by atoms with E-state index in [0.717, 1.165) is 10.9 Å². The molecule has 0 fully saturated rings. The number of halogens is 1. The van der Waals surface area contributed by atoms with E-state index < -0.39 is 0 Å². The van der Waals surface area contributed by atoms with Crippen LogP contribution in [0.2, 0.25) is 6.82 Å². The van der Waals surface area contributed by atoms with Crippen LogP contribution < -0.4 is 5.59 Å². The SMILES string of the molecule is C[B]c1ccc(CBr)cn1. The van der Waals surface area contributed by atoms with Crippen LogP contribution in [0.25, 0.3) is 0 Å². The highest BCUT2D eigenvalue weighted by Gasteiger charge is 1.91. The van der Waals surface area contributed by atoms with Crippen molar-refractivity contribution < 1.29 is 0 Å². The Labute approximate surface area is 70.2 Å². The number of aromatic nitrogens is 1. The predicted octanol–water partition coefficient (Wildman–Crippen LogP) is 1.35. The van der Waals surface area contributed by atoms with E-state index in [1.807, 2.05) is 26.4 Å². The zero-order valence-corrected chi connectivity index (χ0v) is 7.43. The lowest BCUT2D eigenvalue weighted by Gasteiger charge is -1.95. The molecule has 0 aliphatic rings. The second-order valence-corrected chi connectivity index (χ2v) is 2.57. The van der Waals surface area contributed by atoms with Crippen LogP contribution in [0.5, 0.6) is 0 Å². The number of hydrogen-bond acceptors (Lipinski definition) is 1. The summed E-state index contributed by atoms with van der Waals surface area (Å²) in [7, 11) is 1.98. The van der Waals surface area contributed by atoms with E-state index in [0.29, 0.717) is 0 Å². The fourth-order valence-electron chi connectivity index (χ4n) is 0.686. The highest BCUT2D eigenvalue weighted by molar-refractivity contribution is 9.08. The van der Waals surface area contributed by atoms with E-state index in [4.69, 9.17) is 0 Å². The van der Waals surface area contributed by atoms with Crippen LogP contribution in [0.4, 0.5) is 0 Å². The van der Waals surface area contributed by atoms with Gasteiger partial charge in [0.25, 0.3) is 0 Å². The van der Waals surface area contributed by atoms with E-state index >= 15 is 0 Å². The van der Waals surface area contributed by atoms with Crippen molar-refractivity contribution in [3.63, 3.8) is 0 Å². The van der Waals surface area contributed by atoms with Crippen LogP contribution in [0, 0.1) is 0 Å². The van der Waals surface area contributed by atoms with Gasteiger partial charge >= 0.3 is 0 Å². The predicted molar refractivity (Wildman–Crippen MR) is 48.1 cm³/mol. The Morgan fingerprint density at radius 3 is 2.80 bits per heavy atom. The van der Waals surface area contributed by atoms with Crippen LogP contribution in [0.3, 0.4) is 0 Å². The van der Waals surface area contributed by atoms with Crippen molar-refractivity contribution in [3.8, 4) is 0 Å². The third kappa shape index (κ3) is 1.84.